The molecule has 8 nitrogen and oxygen atoms in total. The van der Waals surface area contributed by atoms with Crippen molar-refractivity contribution in [3.63, 3.8) is 0 Å². The molecule has 0 aliphatic carbocycles. The molecule has 3 aromatic rings. The number of halogens is 3. The van der Waals surface area contributed by atoms with Crippen molar-refractivity contribution in [2.45, 2.75) is 32.7 Å². The first-order chi connectivity index (χ1) is 13.2. The van der Waals surface area contributed by atoms with E-state index in [4.69, 9.17) is 0 Å². The third kappa shape index (κ3) is 4.13. The summed E-state index contributed by atoms with van der Waals surface area (Å²) in [5.41, 5.74) is -0.206. The van der Waals surface area contributed by atoms with E-state index in [0.29, 0.717) is 5.56 Å². The Hall–Kier alpha value is -3.37. The third-order valence-electron chi connectivity index (χ3n) is 4.04. The Morgan fingerprint density at radius 2 is 2.04 bits per heavy atom. The number of aromatic amines is 1. The largest absolute Gasteiger partial charge is 0.408 e. The number of rotatable bonds is 5. The Balaban J connectivity index is 1.75. The van der Waals surface area contributed by atoms with Crippen LogP contribution in [0, 0.1) is 0 Å². The summed E-state index contributed by atoms with van der Waals surface area (Å²) in [4.78, 5) is 39.0. The zero-order valence-electron chi connectivity index (χ0n) is 14.7. The number of fused-ring (bicyclic) bond motifs is 1. The lowest BCUT2D eigenvalue weighted by molar-refractivity contribution is -0.142. The minimum Gasteiger partial charge on any atom is -0.348 e. The smallest absolute Gasteiger partial charge is 0.348 e. The van der Waals surface area contributed by atoms with E-state index in [9.17, 15) is 27.6 Å². The number of amides is 1. The number of alkyl halides is 3. The van der Waals surface area contributed by atoms with Gasteiger partial charge in [0, 0.05) is 30.4 Å². The fourth-order valence-electron chi connectivity index (χ4n) is 2.74. The van der Waals surface area contributed by atoms with Crippen LogP contribution in [0.4, 0.5) is 13.2 Å². The van der Waals surface area contributed by atoms with Crippen LogP contribution in [0.25, 0.3) is 10.9 Å². The predicted molar refractivity (Wildman–Crippen MR) is 94.0 cm³/mol. The molecule has 3 rings (SSSR count). The van der Waals surface area contributed by atoms with Crippen molar-refractivity contribution >= 4 is 16.8 Å². The highest BCUT2D eigenvalue weighted by Crippen LogP contribution is 2.17. The van der Waals surface area contributed by atoms with Crippen LogP contribution >= 0.6 is 0 Å². The number of aromatic nitrogens is 4. The highest BCUT2D eigenvalue weighted by atomic mass is 19.4. The van der Waals surface area contributed by atoms with Crippen molar-refractivity contribution in [2.24, 2.45) is 0 Å². The van der Waals surface area contributed by atoms with Crippen LogP contribution in [-0.4, -0.2) is 31.4 Å². The van der Waals surface area contributed by atoms with E-state index in [1.807, 2.05) is 0 Å². The minimum atomic E-state index is -4.38. The second kappa shape index (κ2) is 7.33. The highest BCUT2D eigenvalue weighted by molar-refractivity contribution is 5.97. The van der Waals surface area contributed by atoms with Crippen LogP contribution in [0.2, 0.25) is 0 Å². The van der Waals surface area contributed by atoms with E-state index in [2.05, 4.69) is 15.4 Å². The van der Waals surface area contributed by atoms with E-state index in [1.54, 1.807) is 6.92 Å². The number of hydrogen-bond acceptors (Lipinski definition) is 4. The first kappa shape index (κ1) is 19.4. The first-order valence-corrected chi connectivity index (χ1v) is 8.31. The Labute approximate surface area is 155 Å². The Kier molecular flexibility index (Phi) is 5.08. The minimum absolute atomic E-state index is 0.0251. The monoisotopic (exact) mass is 395 g/mol. The van der Waals surface area contributed by atoms with Gasteiger partial charge in [0.2, 0.25) is 0 Å². The van der Waals surface area contributed by atoms with Crippen molar-refractivity contribution in [3.8, 4) is 0 Å². The molecule has 0 bridgehead atoms. The molecule has 0 atom stereocenters. The van der Waals surface area contributed by atoms with Gasteiger partial charge in [-0.3, -0.25) is 18.8 Å². The summed E-state index contributed by atoms with van der Waals surface area (Å²) in [5.74, 6) is -0.508. The lowest BCUT2D eigenvalue weighted by Crippen LogP contribution is -2.34. The summed E-state index contributed by atoms with van der Waals surface area (Å²) in [6, 6.07) is 4.25. The molecule has 2 heterocycles. The summed E-state index contributed by atoms with van der Waals surface area (Å²) in [7, 11) is 0. The van der Waals surface area contributed by atoms with Gasteiger partial charge in [-0.15, -0.1) is 0 Å². The molecule has 2 aromatic heterocycles. The van der Waals surface area contributed by atoms with Crippen LogP contribution in [0.3, 0.4) is 0 Å². The Morgan fingerprint density at radius 1 is 1.29 bits per heavy atom. The number of benzene rings is 1. The molecular formula is C17H16F3N5O3. The van der Waals surface area contributed by atoms with Gasteiger partial charge < -0.3 is 10.3 Å². The average Bonchev–Trinajstić information content (AvgIpc) is 3.05. The van der Waals surface area contributed by atoms with Crippen molar-refractivity contribution in [1.82, 2.24) is 24.6 Å². The van der Waals surface area contributed by atoms with Crippen molar-refractivity contribution in [2.75, 3.05) is 0 Å². The van der Waals surface area contributed by atoms with Gasteiger partial charge in [-0.2, -0.15) is 18.3 Å². The van der Waals surface area contributed by atoms with Crippen LogP contribution in [-0.2, 0) is 19.6 Å². The maximum absolute atomic E-state index is 12.3. The fraction of sp³-hybridized carbons (Fsp3) is 0.294. The number of nitrogens with zero attached hydrogens (tertiary/aromatic N) is 3. The Bertz CT molecular complexity index is 1140. The van der Waals surface area contributed by atoms with Crippen molar-refractivity contribution in [3.05, 3.63) is 62.6 Å². The molecular weight excluding hydrogens is 379 g/mol. The Morgan fingerprint density at radius 3 is 2.71 bits per heavy atom. The molecule has 0 saturated heterocycles. The second-order valence-electron chi connectivity index (χ2n) is 6.08. The van der Waals surface area contributed by atoms with Gasteiger partial charge >= 0.3 is 11.9 Å². The summed E-state index contributed by atoms with van der Waals surface area (Å²) < 4.78 is 38.8. The molecule has 11 heteroatoms. The van der Waals surface area contributed by atoms with Gasteiger partial charge in [0.05, 0.1) is 17.1 Å². The maximum atomic E-state index is 12.3. The van der Waals surface area contributed by atoms with Gasteiger partial charge in [-0.25, -0.2) is 4.79 Å². The van der Waals surface area contributed by atoms with Gasteiger partial charge in [-0.05, 0) is 25.1 Å². The van der Waals surface area contributed by atoms with Gasteiger partial charge in [0.1, 0.15) is 6.54 Å². The van der Waals surface area contributed by atoms with Gasteiger partial charge in [0.15, 0.2) is 0 Å². The first-order valence-electron chi connectivity index (χ1n) is 8.31. The van der Waals surface area contributed by atoms with Gasteiger partial charge in [-0.1, -0.05) is 0 Å². The number of nitrogens with one attached hydrogen (secondary N) is 2. The molecule has 0 fully saturated rings. The molecule has 0 unspecified atom stereocenters. The lowest BCUT2D eigenvalue weighted by atomic mass is 10.1. The lowest BCUT2D eigenvalue weighted by Gasteiger charge is -2.07. The standard InChI is InChI=1S/C17H16F3N5O3/c1-2-25-15(27)12-4-3-11(5-13(12)23-16(25)28)14(26)21-6-10-7-22-24(8-10)9-17(18,19)20/h3-5,7-8H,2,6,9H2,1H3,(H,21,26)(H,23,28). The summed E-state index contributed by atoms with van der Waals surface area (Å²) in [5, 5.41) is 6.43. The highest BCUT2D eigenvalue weighted by Gasteiger charge is 2.28. The predicted octanol–water partition coefficient (Wildman–Crippen LogP) is 1.40. The van der Waals surface area contributed by atoms with Gasteiger partial charge in [0.25, 0.3) is 11.5 Å². The van der Waals surface area contributed by atoms with Crippen LogP contribution in [0.15, 0.2) is 40.2 Å². The van der Waals surface area contributed by atoms with Crippen molar-refractivity contribution < 1.29 is 18.0 Å². The molecule has 0 aliphatic rings. The number of carbonyl (C=O) groups excluding carboxylic acids is 1. The van der Waals surface area contributed by atoms with E-state index in [1.165, 1.54) is 30.6 Å². The maximum Gasteiger partial charge on any atom is 0.408 e. The second-order valence-corrected chi connectivity index (χ2v) is 6.08. The van der Waals surface area contributed by atoms with E-state index < -0.39 is 29.9 Å². The zero-order valence-corrected chi connectivity index (χ0v) is 14.7. The zero-order chi connectivity index (χ0) is 20.5. The van der Waals surface area contributed by atoms with Crippen LogP contribution < -0.4 is 16.6 Å². The molecule has 2 N–H and O–H groups in total. The molecule has 0 saturated carbocycles. The van der Waals surface area contributed by atoms with Crippen LogP contribution in [0.5, 0.6) is 0 Å². The molecule has 1 aromatic carbocycles. The summed E-state index contributed by atoms with van der Waals surface area (Å²) in [6.07, 6.45) is -1.96. The molecule has 148 valence electrons. The summed E-state index contributed by atoms with van der Waals surface area (Å²) >= 11 is 0. The molecule has 0 radical (unpaired) electrons. The van der Waals surface area contributed by atoms with Crippen molar-refractivity contribution in [1.29, 1.82) is 0 Å². The number of H-pyrrole nitrogens is 1. The van der Waals surface area contributed by atoms with Crippen LogP contribution in [0.1, 0.15) is 22.8 Å². The van der Waals surface area contributed by atoms with E-state index in [-0.39, 0.29) is 29.6 Å². The SMILES string of the molecule is CCn1c(=O)[nH]c2cc(C(=O)NCc3cnn(CC(F)(F)F)c3)ccc2c1=O. The molecule has 0 spiro atoms. The molecule has 0 aliphatic heterocycles. The molecule has 1 amide bonds. The van der Waals surface area contributed by atoms with E-state index >= 15 is 0 Å². The molecule has 28 heavy (non-hydrogen) atoms. The number of hydrogen-bond donors (Lipinski definition) is 2. The van der Waals surface area contributed by atoms with E-state index in [0.717, 1.165) is 9.25 Å². The summed E-state index contributed by atoms with van der Waals surface area (Å²) in [6.45, 7) is 0.645. The quantitative estimate of drug-likeness (QED) is 0.682. The topological polar surface area (TPSA) is 102 Å². The normalized spacial score (nSPS) is 11.7. The fourth-order valence-corrected chi connectivity index (χ4v) is 2.74. The third-order valence-corrected chi connectivity index (χ3v) is 4.04. The number of carbonyl (C=O) groups is 1. The average molecular weight is 395 g/mol.